The third-order valence-electron chi connectivity index (χ3n) is 2.26. The molecule has 0 amide bonds. The van der Waals surface area contributed by atoms with Crippen molar-refractivity contribution in [1.29, 1.82) is 0 Å². The summed E-state index contributed by atoms with van der Waals surface area (Å²) in [6.07, 6.45) is 2.78. The van der Waals surface area contributed by atoms with Gasteiger partial charge in [-0.2, -0.15) is 0 Å². The predicted molar refractivity (Wildman–Crippen MR) is 60.8 cm³/mol. The van der Waals surface area contributed by atoms with E-state index < -0.39 is 0 Å². The molecule has 0 aromatic heterocycles. The van der Waals surface area contributed by atoms with Gasteiger partial charge in [0, 0.05) is 19.1 Å². The Morgan fingerprint density at radius 2 is 2.15 bits per heavy atom. The number of rotatable bonds is 4. The lowest BCUT2D eigenvalue weighted by Crippen LogP contribution is -2.43. The van der Waals surface area contributed by atoms with Gasteiger partial charge in [0.05, 0.1) is 0 Å². The van der Waals surface area contributed by atoms with Crippen LogP contribution in [0.2, 0.25) is 0 Å². The highest BCUT2D eigenvalue weighted by Crippen LogP contribution is 2.29. The van der Waals surface area contributed by atoms with Crippen molar-refractivity contribution in [3.63, 3.8) is 0 Å². The van der Waals surface area contributed by atoms with Crippen molar-refractivity contribution < 1.29 is 0 Å². The first-order valence-corrected chi connectivity index (χ1v) is 5.59. The molecule has 1 aliphatic rings. The summed E-state index contributed by atoms with van der Waals surface area (Å²) in [7, 11) is 0. The molecule has 76 valence electrons. The second kappa shape index (κ2) is 4.80. The summed E-state index contributed by atoms with van der Waals surface area (Å²) in [5, 5.41) is 4.20. The van der Waals surface area contributed by atoms with E-state index in [4.69, 9.17) is 12.2 Å². The molecule has 0 aliphatic heterocycles. The molecule has 0 unspecified atom stereocenters. The summed E-state index contributed by atoms with van der Waals surface area (Å²) in [6, 6.07) is 0.445. The fourth-order valence-corrected chi connectivity index (χ4v) is 1.75. The van der Waals surface area contributed by atoms with Gasteiger partial charge in [-0.3, -0.25) is 0 Å². The Hall–Kier alpha value is -0.310. The Morgan fingerprint density at radius 3 is 2.54 bits per heavy atom. The summed E-state index contributed by atoms with van der Waals surface area (Å²) in [5.74, 6) is 0.909. The lowest BCUT2D eigenvalue weighted by atomic mass is 10.3. The van der Waals surface area contributed by atoms with Crippen LogP contribution in [0.15, 0.2) is 0 Å². The van der Waals surface area contributed by atoms with Gasteiger partial charge in [0.25, 0.3) is 0 Å². The quantitative estimate of drug-likeness (QED) is 0.699. The van der Waals surface area contributed by atoms with Crippen molar-refractivity contribution in [3.8, 4) is 0 Å². The van der Waals surface area contributed by atoms with E-state index in [0.29, 0.717) is 6.04 Å². The Balaban J connectivity index is 2.30. The van der Waals surface area contributed by atoms with E-state index in [-0.39, 0.29) is 0 Å². The van der Waals surface area contributed by atoms with Gasteiger partial charge in [0.15, 0.2) is 5.11 Å². The molecule has 1 N–H and O–H groups in total. The molecule has 1 aliphatic carbocycles. The maximum absolute atomic E-state index is 5.31. The highest BCUT2D eigenvalue weighted by molar-refractivity contribution is 7.80. The van der Waals surface area contributed by atoms with E-state index in [0.717, 1.165) is 24.1 Å². The predicted octanol–water partition coefficient (Wildman–Crippen LogP) is 2.00. The molecule has 0 bridgehead atoms. The SMILES string of the molecule is CCN(CC1CC1)C(=S)NC(C)C. The topological polar surface area (TPSA) is 15.3 Å². The maximum Gasteiger partial charge on any atom is 0.169 e. The standard InChI is InChI=1S/C10H20N2S/c1-4-12(7-9-5-6-9)10(13)11-8(2)3/h8-9H,4-7H2,1-3H3,(H,11,13). The second-order valence-corrected chi connectivity index (χ2v) is 4.47. The van der Waals surface area contributed by atoms with E-state index >= 15 is 0 Å². The lowest BCUT2D eigenvalue weighted by molar-refractivity contribution is 0.408. The van der Waals surface area contributed by atoms with Crippen molar-refractivity contribution in [2.75, 3.05) is 13.1 Å². The first-order valence-electron chi connectivity index (χ1n) is 5.19. The van der Waals surface area contributed by atoms with E-state index in [1.165, 1.54) is 12.8 Å². The fraction of sp³-hybridized carbons (Fsp3) is 0.900. The molecule has 0 aromatic rings. The third-order valence-corrected chi connectivity index (χ3v) is 2.63. The van der Waals surface area contributed by atoms with Gasteiger partial charge >= 0.3 is 0 Å². The van der Waals surface area contributed by atoms with Gasteiger partial charge in [-0.1, -0.05) is 0 Å². The van der Waals surface area contributed by atoms with Crippen LogP contribution >= 0.6 is 12.2 Å². The summed E-state index contributed by atoms with van der Waals surface area (Å²) in [4.78, 5) is 2.27. The number of nitrogens with one attached hydrogen (secondary N) is 1. The van der Waals surface area contributed by atoms with Crippen LogP contribution < -0.4 is 5.32 Å². The average Bonchev–Trinajstić information content (AvgIpc) is 2.81. The van der Waals surface area contributed by atoms with Crippen LogP contribution in [0.5, 0.6) is 0 Å². The zero-order valence-corrected chi connectivity index (χ0v) is 9.66. The highest BCUT2D eigenvalue weighted by atomic mass is 32.1. The minimum absolute atomic E-state index is 0.445. The Morgan fingerprint density at radius 1 is 1.54 bits per heavy atom. The Labute approximate surface area is 86.7 Å². The lowest BCUT2D eigenvalue weighted by Gasteiger charge is -2.25. The minimum atomic E-state index is 0.445. The van der Waals surface area contributed by atoms with Crippen LogP contribution in [0, 0.1) is 5.92 Å². The number of hydrogen-bond donors (Lipinski definition) is 1. The van der Waals surface area contributed by atoms with Crippen LogP contribution in [0.1, 0.15) is 33.6 Å². The summed E-state index contributed by atoms with van der Waals surface area (Å²) >= 11 is 5.31. The van der Waals surface area contributed by atoms with Crippen molar-refractivity contribution in [2.24, 2.45) is 5.92 Å². The van der Waals surface area contributed by atoms with Crippen LogP contribution in [0.4, 0.5) is 0 Å². The molecule has 0 aromatic carbocycles. The van der Waals surface area contributed by atoms with Gasteiger partial charge in [-0.15, -0.1) is 0 Å². The van der Waals surface area contributed by atoms with Crippen molar-refractivity contribution in [3.05, 3.63) is 0 Å². The molecule has 0 atom stereocenters. The van der Waals surface area contributed by atoms with Crippen molar-refractivity contribution in [2.45, 2.75) is 39.7 Å². The molecular formula is C10H20N2S. The van der Waals surface area contributed by atoms with Gasteiger partial charge in [-0.25, -0.2) is 0 Å². The summed E-state index contributed by atoms with van der Waals surface area (Å²) in [5.41, 5.74) is 0. The zero-order valence-electron chi connectivity index (χ0n) is 8.84. The van der Waals surface area contributed by atoms with Gasteiger partial charge < -0.3 is 10.2 Å². The van der Waals surface area contributed by atoms with Crippen molar-refractivity contribution >= 4 is 17.3 Å². The van der Waals surface area contributed by atoms with Gasteiger partial charge in [-0.05, 0) is 51.7 Å². The Kier molecular flexibility index (Phi) is 3.97. The van der Waals surface area contributed by atoms with E-state index in [1.54, 1.807) is 0 Å². The van der Waals surface area contributed by atoms with E-state index in [2.05, 4.69) is 31.0 Å². The van der Waals surface area contributed by atoms with E-state index in [1.807, 2.05) is 0 Å². The summed E-state index contributed by atoms with van der Waals surface area (Å²) < 4.78 is 0. The molecule has 0 spiro atoms. The third kappa shape index (κ3) is 3.94. The molecule has 0 radical (unpaired) electrons. The Bertz CT molecular complexity index is 176. The van der Waals surface area contributed by atoms with Crippen LogP contribution in [0.3, 0.4) is 0 Å². The number of nitrogens with zero attached hydrogens (tertiary/aromatic N) is 1. The molecule has 13 heavy (non-hydrogen) atoms. The molecule has 2 nitrogen and oxygen atoms in total. The molecule has 1 fully saturated rings. The molecule has 0 heterocycles. The molecule has 3 heteroatoms. The van der Waals surface area contributed by atoms with Crippen LogP contribution in [-0.2, 0) is 0 Å². The smallest absolute Gasteiger partial charge is 0.169 e. The number of thiocarbonyl (C=S) groups is 1. The van der Waals surface area contributed by atoms with E-state index in [9.17, 15) is 0 Å². The van der Waals surface area contributed by atoms with Gasteiger partial charge in [0.1, 0.15) is 0 Å². The van der Waals surface area contributed by atoms with Crippen molar-refractivity contribution in [1.82, 2.24) is 10.2 Å². The van der Waals surface area contributed by atoms with Crippen LogP contribution in [-0.4, -0.2) is 29.1 Å². The molecule has 1 rings (SSSR count). The van der Waals surface area contributed by atoms with Crippen LogP contribution in [0.25, 0.3) is 0 Å². The molecular weight excluding hydrogens is 180 g/mol. The first-order chi connectivity index (χ1) is 6.13. The zero-order chi connectivity index (χ0) is 9.84. The fourth-order valence-electron chi connectivity index (χ4n) is 1.31. The summed E-state index contributed by atoms with van der Waals surface area (Å²) in [6.45, 7) is 8.58. The largest absolute Gasteiger partial charge is 0.360 e. The maximum atomic E-state index is 5.31. The van der Waals surface area contributed by atoms with Gasteiger partial charge in [0.2, 0.25) is 0 Å². The minimum Gasteiger partial charge on any atom is -0.360 e. The normalized spacial score (nSPS) is 16.0. The molecule has 1 saturated carbocycles. The molecule has 0 saturated heterocycles. The highest BCUT2D eigenvalue weighted by Gasteiger charge is 2.24. The first kappa shape index (κ1) is 10.8. The average molecular weight is 200 g/mol. The second-order valence-electron chi connectivity index (χ2n) is 4.09. The monoisotopic (exact) mass is 200 g/mol. The number of hydrogen-bond acceptors (Lipinski definition) is 1.